The fourth-order valence-corrected chi connectivity index (χ4v) is 3.28. The third-order valence-corrected chi connectivity index (χ3v) is 4.13. The van der Waals surface area contributed by atoms with E-state index in [1.54, 1.807) is 0 Å². The summed E-state index contributed by atoms with van der Waals surface area (Å²) in [5.41, 5.74) is 1.62. The summed E-state index contributed by atoms with van der Waals surface area (Å²) in [6, 6.07) is 6.19. The maximum Gasteiger partial charge on any atom is 0.0543 e. The van der Waals surface area contributed by atoms with E-state index in [2.05, 4.69) is 27.3 Å². The average Bonchev–Trinajstić information content (AvgIpc) is 2.79. The first-order valence-corrected chi connectivity index (χ1v) is 6.74. The molecule has 0 bridgehead atoms. The Kier molecular flexibility index (Phi) is 3.12. The molecule has 3 nitrogen and oxygen atoms in total. The summed E-state index contributed by atoms with van der Waals surface area (Å²) in [4.78, 5) is 6.99. The second-order valence-corrected chi connectivity index (χ2v) is 5.45. The molecular formula is C14H21N3. The van der Waals surface area contributed by atoms with Gasteiger partial charge >= 0.3 is 0 Å². The molecule has 0 radical (unpaired) electrons. The van der Waals surface area contributed by atoms with Gasteiger partial charge in [0.1, 0.15) is 0 Å². The zero-order valence-corrected chi connectivity index (χ0v) is 10.4. The average molecular weight is 231 g/mol. The molecular weight excluding hydrogens is 210 g/mol. The van der Waals surface area contributed by atoms with Gasteiger partial charge in [0.2, 0.25) is 0 Å². The molecule has 1 aromatic heterocycles. The molecule has 0 aromatic carbocycles. The monoisotopic (exact) mass is 231 g/mol. The lowest BCUT2D eigenvalue weighted by molar-refractivity contribution is 0.127. The Bertz CT molecular complexity index is 357. The Balaban J connectivity index is 1.64. The molecule has 92 valence electrons. The van der Waals surface area contributed by atoms with Crippen molar-refractivity contribution in [2.24, 2.45) is 0 Å². The lowest BCUT2D eigenvalue weighted by Gasteiger charge is -2.41. The maximum absolute atomic E-state index is 4.43. The highest BCUT2D eigenvalue weighted by atomic mass is 15.2. The Morgan fingerprint density at radius 1 is 1.29 bits per heavy atom. The van der Waals surface area contributed by atoms with E-state index in [9.17, 15) is 0 Å². The molecule has 0 atom stereocenters. The largest absolute Gasteiger partial charge is 0.309 e. The maximum atomic E-state index is 4.43. The summed E-state index contributed by atoms with van der Waals surface area (Å²) in [5, 5.41) is 3.75. The SMILES string of the molecule is c1ccc(CN2CCNC3(CCCC3)C2)nc1. The zero-order chi connectivity index (χ0) is 11.6. The van der Waals surface area contributed by atoms with Crippen LogP contribution in [0.3, 0.4) is 0 Å². The number of piperazine rings is 1. The number of rotatable bonds is 2. The molecule has 1 aromatic rings. The second kappa shape index (κ2) is 4.75. The van der Waals surface area contributed by atoms with Crippen LogP contribution in [0.25, 0.3) is 0 Å². The van der Waals surface area contributed by atoms with E-state index in [0.717, 1.165) is 19.6 Å². The number of aromatic nitrogens is 1. The third kappa shape index (κ3) is 2.50. The molecule has 2 aliphatic rings. The molecule has 1 N–H and O–H groups in total. The Labute approximate surface area is 103 Å². The molecule has 3 rings (SSSR count). The van der Waals surface area contributed by atoms with Gasteiger partial charge in [0.05, 0.1) is 5.69 Å². The van der Waals surface area contributed by atoms with Gasteiger partial charge in [-0.15, -0.1) is 0 Å². The minimum absolute atomic E-state index is 0.424. The van der Waals surface area contributed by atoms with E-state index in [0.29, 0.717) is 5.54 Å². The normalized spacial score (nSPS) is 24.2. The fourth-order valence-electron chi connectivity index (χ4n) is 3.28. The summed E-state index contributed by atoms with van der Waals surface area (Å²) in [5.74, 6) is 0. The van der Waals surface area contributed by atoms with Crippen molar-refractivity contribution in [1.29, 1.82) is 0 Å². The van der Waals surface area contributed by atoms with Crippen LogP contribution in [0, 0.1) is 0 Å². The van der Waals surface area contributed by atoms with E-state index >= 15 is 0 Å². The van der Waals surface area contributed by atoms with Gasteiger partial charge in [0, 0.05) is 37.9 Å². The van der Waals surface area contributed by atoms with Crippen LogP contribution >= 0.6 is 0 Å². The van der Waals surface area contributed by atoms with Crippen LogP contribution < -0.4 is 5.32 Å². The van der Waals surface area contributed by atoms with E-state index < -0.39 is 0 Å². The number of hydrogen-bond acceptors (Lipinski definition) is 3. The van der Waals surface area contributed by atoms with Crippen LogP contribution in [0.1, 0.15) is 31.4 Å². The molecule has 2 fully saturated rings. The highest BCUT2D eigenvalue weighted by Crippen LogP contribution is 2.32. The molecule has 3 heteroatoms. The standard InChI is InChI=1S/C14H21N3/c1-4-8-15-13(5-1)11-17-10-9-16-14(12-17)6-2-3-7-14/h1,4-5,8,16H,2-3,6-7,9-12H2. The summed E-state index contributed by atoms with van der Waals surface area (Å²) in [6.45, 7) is 4.49. The summed E-state index contributed by atoms with van der Waals surface area (Å²) < 4.78 is 0. The molecule has 2 heterocycles. The van der Waals surface area contributed by atoms with Gasteiger partial charge in [-0.2, -0.15) is 0 Å². The van der Waals surface area contributed by atoms with Crippen LogP contribution in [-0.4, -0.2) is 35.1 Å². The minimum Gasteiger partial charge on any atom is -0.309 e. The van der Waals surface area contributed by atoms with Gasteiger partial charge in [-0.3, -0.25) is 9.88 Å². The van der Waals surface area contributed by atoms with Crippen molar-refractivity contribution in [3.8, 4) is 0 Å². The van der Waals surface area contributed by atoms with Crippen molar-refractivity contribution in [2.75, 3.05) is 19.6 Å². The highest BCUT2D eigenvalue weighted by Gasteiger charge is 2.37. The van der Waals surface area contributed by atoms with Gasteiger partial charge in [-0.05, 0) is 25.0 Å². The van der Waals surface area contributed by atoms with Gasteiger partial charge in [-0.1, -0.05) is 18.9 Å². The molecule has 1 aliphatic carbocycles. The predicted octanol–water partition coefficient (Wildman–Crippen LogP) is 1.80. The predicted molar refractivity (Wildman–Crippen MR) is 68.7 cm³/mol. The first-order valence-electron chi connectivity index (χ1n) is 6.74. The van der Waals surface area contributed by atoms with E-state index in [1.807, 2.05) is 12.3 Å². The zero-order valence-electron chi connectivity index (χ0n) is 10.4. The summed E-state index contributed by atoms with van der Waals surface area (Å²) in [6.07, 6.45) is 7.38. The lowest BCUT2D eigenvalue weighted by atomic mass is 9.94. The molecule has 1 saturated heterocycles. The van der Waals surface area contributed by atoms with Crippen LogP contribution in [-0.2, 0) is 6.54 Å². The Hall–Kier alpha value is -0.930. The van der Waals surface area contributed by atoms with Gasteiger partial charge < -0.3 is 5.32 Å². The first-order chi connectivity index (χ1) is 8.36. The highest BCUT2D eigenvalue weighted by molar-refractivity contribution is 5.05. The molecule has 17 heavy (non-hydrogen) atoms. The van der Waals surface area contributed by atoms with Crippen LogP contribution in [0.5, 0.6) is 0 Å². The number of nitrogens with one attached hydrogen (secondary N) is 1. The van der Waals surface area contributed by atoms with E-state index in [4.69, 9.17) is 0 Å². The van der Waals surface area contributed by atoms with Crippen molar-refractivity contribution >= 4 is 0 Å². The van der Waals surface area contributed by atoms with Crippen LogP contribution in [0.4, 0.5) is 0 Å². The Morgan fingerprint density at radius 2 is 2.18 bits per heavy atom. The van der Waals surface area contributed by atoms with E-state index in [1.165, 1.54) is 37.9 Å². The number of pyridine rings is 1. The number of hydrogen-bond donors (Lipinski definition) is 1. The summed E-state index contributed by atoms with van der Waals surface area (Å²) >= 11 is 0. The molecule has 0 amide bonds. The minimum atomic E-state index is 0.424. The van der Waals surface area contributed by atoms with Crippen molar-refractivity contribution < 1.29 is 0 Å². The molecule has 1 aliphatic heterocycles. The lowest BCUT2D eigenvalue weighted by Crippen LogP contribution is -2.58. The van der Waals surface area contributed by atoms with Crippen LogP contribution in [0.2, 0.25) is 0 Å². The fraction of sp³-hybridized carbons (Fsp3) is 0.643. The summed E-state index contributed by atoms with van der Waals surface area (Å²) in [7, 11) is 0. The smallest absolute Gasteiger partial charge is 0.0543 e. The molecule has 0 unspecified atom stereocenters. The van der Waals surface area contributed by atoms with Gasteiger partial charge in [0.25, 0.3) is 0 Å². The second-order valence-electron chi connectivity index (χ2n) is 5.45. The number of nitrogens with zero attached hydrogens (tertiary/aromatic N) is 2. The van der Waals surface area contributed by atoms with Crippen molar-refractivity contribution in [3.63, 3.8) is 0 Å². The van der Waals surface area contributed by atoms with Crippen LogP contribution in [0.15, 0.2) is 24.4 Å². The Morgan fingerprint density at radius 3 is 2.94 bits per heavy atom. The topological polar surface area (TPSA) is 28.2 Å². The van der Waals surface area contributed by atoms with Crippen molar-refractivity contribution in [2.45, 2.75) is 37.8 Å². The van der Waals surface area contributed by atoms with Gasteiger partial charge in [0.15, 0.2) is 0 Å². The first kappa shape index (κ1) is 11.2. The van der Waals surface area contributed by atoms with Gasteiger partial charge in [-0.25, -0.2) is 0 Å². The third-order valence-electron chi connectivity index (χ3n) is 4.13. The van der Waals surface area contributed by atoms with E-state index in [-0.39, 0.29) is 0 Å². The molecule has 1 spiro atoms. The van der Waals surface area contributed by atoms with Crippen molar-refractivity contribution in [1.82, 2.24) is 15.2 Å². The molecule has 1 saturated carbocycles. The quantitative estimate of drug-likeness (QED) is 0.841. The van der Waals surface area contributed by atoms with Crippen molar-refractivity contribution in [3.05, 3.63) is 30.1 Å².